The first kappa shape index (κ1) is 15.2. The molecule has 4 aromatic carbocycles. The zero-order chi connectivity index (χ0) is 17.5. The molecule has 0 aromatic heterocycles. The average molecular weight is 336 g/mol. The molecule has 0 saturated carbocycles. The molecule has 0 spiro atoms. The van der Waals surface area contributed by atoms with Crippen LogP contribution < -0.4 is 5.32 Å². The number of benzene rings is 4. The summed E-state index contributed by atoms with van der Waals surface area (Å²) in [6.45, 7) is 2.06. The Kier molecular flexibility index (Phi) is 3.49. The molecule has 126 valence electrons. The second kappa shape index (κ2) is 5.99. The number of hydrogen-bond donors (Lipinski definition) is 1. The molecule has 4 aromatic rings. The molecule has 1 aliphatic rings. The van der Waals surface area contributed by atoms with E-state index in [-0.39, 0.29) is 12.1 Å². The van der Waals surface area contributed by atoms with E-state index in [9.17, 15) is 0 Å². The van der Waals surface area contributed by atoms with Gasteiger partial charge in [0.25, 0.3) is 0 Å². The summed E-state index contributed by atoms with van der Waals surface area (Å²) >= 11 is 0. The van der Waals surface area contributed by atoms with Crippen molar-refractivity contribution in [1.82, 2.24) is 5.32 Å². The molecule has 26 heavy (non-hydrogen) atoms. The molecule has 2 unspecified atom stereocenters. The highest BCUT2D eigenvalue weighted by atomic mass is 15.1. The molecular weight excluding hydrogens is 316 g/mol. The third kappa shape index (κ3) is 2.38. The average Bonchev–Trinajstić information content (AvgIpc) is 3.08. The molecule has 2 nitrogen and oxygen atoms in total. The van der Waals surface area contributed by atoms with Crippen LogP contribution in [0, 0.1) is 0 Å². The molecular formula is C24H20N2. The number of rotatable bonds is 2. The van der Waals surface area contributed by atoms with Crippen LogP contribution in [-0.4, -0.2) is 5.84 Å². The lowest BCUT2D eigenvalue weighted by atomic mass is 9.89. The van der Waals surface area contributed by atoms with Crippen molar-refractivity contribution >= 4 is 27.4 Å². The van der Waals surface area contributed by atoms with Gasteiger partial charge in [0, 0.05) is 0 Å². The SMILES string of the molecule is CC1=NC(c2cccc3ccccc23)C(c2cccc3ccccc23)N1. The molecule has 0 fully saturated rings. The summed E-state index contributed by atoms with van der Waals surface area (Å²) < 4.78 is 0. The Morgan fingerprint density at radius 3 is 1.88 bits per heavy atom. The lowest BCUT2D eigenvalue weighted by Crippen LogP contribution is -2.22. The van der Waals surface area contributed by atoms with Crippen LogP contribution in [0.5, 0.6) is 0 Å². The van der Waals surface area contributed by atoms with Crippen molar-refractivity contribution < 1.29 is 0 Å². The van der Waals surface area contributed by atoms with Crippen molar-refractivity contribution in [3.63, 3.8) is 0 Å². The Morgan fingerprint density at radius 1 is 0.654 bits per heavy atom. The van der Waals surface area contributed by atoms with Crippen molar-refractivity contribution in [2.75, 3.05) is 0 Å². The maximum Gasteiger partial charge on any atom is 0.102 e. The summed E-state index contributed by atoms with van der Waals surface area (Å²) in [6.07, 6.45) is 0. The van der Waals surface area contributed by atoms with Crippen molar-refractivity contribution in [1.29, 1.82) is 0 Å². The topological polar surface area (TPSA) is 24.4 Å². The van der Waals surface area contributed by atoms with E-state index in [1.54, 1.807) is 0 Å². The summed E-state index contributed by atoms with van der Waals surface area (Å²) in [5, 5.41) is 8.74. The van der Waals surface area contributed by atoms with Crippen molar-refractivity contribution in [2.45, 2.75) is 19.0 Å². The largest absolute Gasteiger partial charge is 0.365 e. The molecule has 1 aliphatic heterocycles. The third-order valence-electron chi connectivity index (χ3n) is 5.31. The second-order valence-electron chi connectivity index (χ2n) is 6.92. The Hall–Kier alpha value is -3.13. The van der Waals surface area contributed by atoms with Gasteiger partial charge in [-0.15, -0.1) is 0 Å². The van der Waals surface area contributed by atoms with Gasteiger partial charge in [-0.25, -0.2) is 0 Å². The molecule has 5 rings (SSSR count). The Morgan fingerprint density at radius 2 is 1.19 bits per heavy atom. The van der Waals surface area contributed by atoms with Crippen LogP contribution in [-0.2, 0) is 0 Å². The van der Waals surface area contributed by atoms with Crippen molar-refractivity contribution in [3.05, 3.63) is 96.1 Å². The van der Waals surface area contributed by atoms with E-state index >= 15 is 0 Å². The van der Waals surface area contributed by atoms with Crippen LogP contribution >= 0.6 is 0 Å². The van der Waals surface area contributed by atoms with E-state index in [1.165, 1.54) is 32.7 Å². The van der Waals surface area contributed by atoms with Crippen molar-refractivity contribution in [2.24, 2.45) is 4.99 Å². The number of nitrogens with zero attached hydrogens (tertiary/aromatic N) is 1. The molecule has 1 heterocycles. The van der Waals surface area contributed by atoms with E-state index in [0.29, 0.717) is 0 Å². The fourth-order valence-electron chi connectivity index (χ4n) is 4.15. The van der Waals surface area contributed by atoms with Gasteiger partial charge in [-0.1, -0.05) is 84.9 Å². The van der Waals surface area contributed by atoms with Gasteiger partial charge in [-0.2, -0.15) is 0 Å². The summed E-state index contributed by atoms with van der Waals surface area (Å²) in [5.41, 5.74) is 2.59. The number of hydrogen-bond acceptors (Lipinski definition) is 2. The maximum atomic E-state index is 4.98. The van der Waals surface area contributed by atoms with E-state index in [1.807, 2.05) is 0 Å². The highest BCUT2D eigenvalue weighted by Gasteiger charge is 2.31. The highest BCUT2D eigenvalue weighted by molar-refractivity contribution is 5.91. The smallest absolute Gasteiger partial charge is 0.102 e. The number of amidine groups is 1. The van der Waals surface area contributed by atoms with Crippen LogP contribution in [0.2, 0.25) is 0 Å². The first-order valence-corrected chi connectivity index (χ1v) is 9.07. The van der Waals surface area contributed by atoms with E-state index in [4.69, 9.17) is 4.99 Å². The standard InChI is InChI=1S/C24H20N2/c1-16-25-23(21-14-6-10-17-8-2-4-12-19(17)21)24(26-16)22-15-7-11-18-9-3-5-13-20(18)22/h2-15,23-24H,1H3,(H,25,26). The van der Waals surface area contributed by atoms with Crippen LogP contribution in [0.15, 0.2) is 89.9 Å². The minimum absolute atomic E-state index is 0.0758. The molecule has 2 heteroatoms. The zero-order valence-corrected chi connectivity index (χ0v) is 14.7. The third-order valence-corrected chi connectivity index (χ3v) is 5.31. The summed E-state index contributed by atoms with van der Waals surface area (Å²) in [4.78, 5) is 4.98. The molecule has 1 N–H and O–H groups in total. The normalized spacial score (nSPS) is 19.5. The molecule has 0 saturated heterocycles. The minimum Gasteiger partial charge on any atom is -0.365 e. The van der Waals surface area contributed by atoms with Gasteiger partial charge in [-0.3, -0.25) is 4.99 Å². The van der Waals surface area contributed by atoms with Crippen LogP contribution in [0.3, 0.4) is 0 Å². The lowest BCUT2D eigenvalue weighted by Gasteiger charge is -2.22. The molecule has 0 aliphatic carbocycles. The quantitative estimate of drug-likeness (QED) is 0.492. The Bertz CT molecular complexity index is 1130. The number of aliphatic imine (C=N–C) groups is 1. The second-order valence-corrected chi connectivity index (χ2v) is 6.92. The van der Waals surface area contributed by atoms with Gasteiger partial charge in [0.15, 0.2) is 0 Å². The molecule has 0 amide bonds. The molecule has 0 bridgehead atoms. The highest BCUT2D eigenvalue weighted by Crippen LogP contribution is 2.41. The van der Waals surface area contributed by atoms with E-state index in [2.05, 4.69) is 97.2 Å². The predicted molar refractivity (Wildman–Crippen MR) is 110 cm³/mol. The van der Waals surface area contributed by atoms with Crippen LogP contribution in [0.1, 0.15) is 30.1 Å². The Labute approximate surface area is 153 Å². The van der Waals surface area contributed by atoms with Gasteiger partial charge in [-0.05, 0) is 39.6 Å². The molecule has 0 radical (unpaired) electrons. The summed E-state index contributed by atoms with van der Waals surface area (Å²) in [5.74, 6) is 1.00. The van der Waals surface area contributed by atoms with Crippen LogP contribution in [0.25, 0.3) is 21.5 Å². The van der Waals surface area contributed by atoms with Gasteiger partial charge in [0.2, 0.25) is 0 Å². The first-order valence-electron chi connectivity index (χ1n) is 9.07. The van der Waals surface area contributed by atoms with Crippen LogP contribution in [0.4, 0.5) is 0 Å². The van der Waals surface area contributed by atoms with Gasteiger partial charge >= 0.3 is 0 Å². The Balaban J connectivity index is 1.70. The minimum atomic E-state index is 0.0758. The number of nitrogens with one attached hydrogen (secondary N) is 1. The fourth-order valence-corrected chi connectivity index (χ4v) is 4.15. The zero-order valence-electron chi connectivity index (χ0n) is 14.7. The van der Waals surface area contributed by atoms with Gasteiger partial charge < -0.3 is 5.32 Å². The monoisotopic (exact) mass is 336 g/mol. The first-order chi connectivity index (χ1) is 12.8. The number of fused-ring (bicyclic) bond motifs is 2. The molecule has 2 atom stereocenters. The van der Waals surface area contributed by atoms with Gasteiger partial charge in [0.1, 0.15) is 6.04 Å². The predicted octanol–water partition coefficient (Wildman–Crippen LogP) is 5.80. The van der Waals surface area contributed by atoms with E-state index < -0.39 is 0 Å². The fraction of sp³-hybridized carbons (Fsp3) is 0.125. The van der Waals surface area contributed by atoms with Crippen molar-refractivity contribution in [3.8, 4) is 0 Å². The summed E-state index contributed by atoms with van der Waals surface area (Å²) in [7, 11) is 0. The maximum absolute atomic E-state index is 4.98. The lowest BCUT2D eigenvalue weighted by molar-refractivity contribution is 0.579. The summed E-state index contributed by atoms with van der Waals surface area (Å²) in [6, 6.07) is 30.5. The van der Waals surface area contributed by atoms with E-state index in [0.717, 1.165) is 5.84 Å². The van der Waals surface area contributed by atoms with Gasteiger partial charge in [0.05, 0.1) is 11.9 Å².